The van der Waals surface area contributed by atoms with Gasteiger partial charge in [-0.15, -0.1) is 0 Å². The maximum absolute atomic E-state index is 13.4. The summed E-state index contributed by atoms with van der Waals surface area (Å²) in [6, 6.07) is 5.32. The largest absolute Gasteiger partial charge is 0.470 e. The van der Waals surface area contributed by atoms with Gasteiger partial charge in [0.15, 0.2) is 0 Å². The first kappa shape index (κ1) is 26.0. The Morgan fingerprint density at radius 1 is 1.24 bits per heavy atom. The van der Waals surface area contributed by atoms with Crippen molar-refractivity contribution in [3.63, 3.8) is 0 Å². The van der Waals surface area contributed by atoms with Crippen molar-refractivity contribution in [2.45, 2.75) is 62.7 Å². The van der Waals surface area contributed by atoms with Crippen LogP contribution in [0.25, 0.3) is 0 Å². The summed E-state index contributed by atoms with van der Waals surface area (Å²) in [7, 11) is 0. The van der Waals surface area contributed by atoms with Gasteiger partial charge in [-0.25, -0.2) is 4.98 Å². The fourth-order valence-corrected chi connectivity index (χ4v) is 5.53. The van der Waals surface area contributed by atoms with Crippen molar-refractivity contribution >= 4 is 35.0 Å². The number of aliphatic hydroxyl groups excluding tert-OH is 1. The molecular weight excluding hydrogens is 492 g/mol. The summed E-state index contributed by atoms with van der Waals surface area (Å²) in [4.78, 5) is 24.7. The third kappa shape index (κ3) is 6.11. The fraction of sp³-hybridized carbons (Fsp3) is 0.577. The van der Waals surface area contributed by atoms with Crippen molar-refractivity contribution in [3.8, 4) is 5.88 Å². The minimum absolute atomic E-state index is 0.0423. The molecule has 0 bridgehead atoms. The first-order valence-corrected chi connectivity index (χ1v) is 13.9. The number of pyridine rings is 2. The first-order chi connectivity index (χ1) is 18.0. The quantitative estimate of drug-likeness (QED) is 0.254. The summed E-state index contributed by atoms with van der Waals surface area (Å²) in [5.41, 5.74) is 8.41. The van der Waals surface area contributed by atoms with Gasteiger partial charge in [0.1, 0.15) is 16.9 Å². The van der Waals surface area contributed by atoms with Crippen LogP contribution in [-0.4, -0.2) is 66.0 Å². The lowest BCUT2D eigenvalue weighted by Crippen LogP contribution is -2.43. The van der Waals surface area contributed by atoms with Crippen molar-refractivity contribution in [3.05, 3.63) is 30.0 Å². The Morgan fingerprint density at radius 3 is 2.70 bits per heavy atom. The van der Waals surface area contributed by atoms with E-state index in [1.54, 1.807) is 18.3 Å². The van der Waals surface area contributed by atoms with Gasteiger partial charge < -0.3 is 30.5 Å². The SMILES string of the molecule is CCOC1CCC1Oc1nc(NC(=O)c2cnc(SNCCO)cc2N2CCC3(CC2)CC3)ccc1N. The highest BCUT2D eigenvalue weighted by Gasteiger charge is 2.44. The molecule has 1 saturated heterocycles. The summed E-state index contributed by atoms with van der Waals surface area (Å²) < 4.78 is 14.8. The molecule has 0 radical (unpaired) electrons. The number of ether oxygens (including phenoxy) is 2. The predicted molar refractivity (Wildman–Crippen MR) is 144 cm³/mol. The lowest BCUT2D eigenvalue weighted by Gasteiger charge is -2.35. The Balaban J connectivity index is 1.32. The molecule has 5 rings (SSSR count). The smallest absolute Gasteiger partial charge is 0.260 e. The zero-order chi connectivity index (χ0) is 25.8. The van der Waals surface area contributed by atoms with E-state index in [9.17, 15) is 4.79 Å². The van der Waals surface area contributed by atoms with E-state index in [1.165, 1.54) is 24.8 Å². The van der Waals surface area contributed by atoms with Crippen LogP contribution in [0.15, 0.2) is 29.4 Å². The predicted octanol–water partition coefficient (Wildman–Crippen LogP) is 3.23. The highest BCUT2D eigenvalue weighted by molar-refractivity contribution is 7.97. The second-order valence-corrected chi connectivity index (χ2v) is 10.9. The molecule has 1 amide bonds. The van der Waals surface area contributed by atoms with Crippen LogP contribution in [0.4, 0.5) is 17.2 Å². The number of nitrogen functional groups attached to an aromatic ring is 1. The molecule has 200 valence electrons. The molecule has 1 aliphatic heterocycles. The van der Waals surface area contributed by atoms with E-state index in [2.05, 4.69) is 24.9 Å². The van der Waals surface area contributed by atoms with Gasteiger partial charge in [-0.2, -0.15) is 4.98 Å². The molecule has 2 aromatic heterocycles. The van der Waals surface area contributed by atoms with E-state index in [4.69, 9.17) is 20.3 Å². The molecular formula is C26H36N6O4S. The topological polar surface area (TPSA) is 135 Å². The average molecular weight is 529 g/mol. The summed E-state index contributed by atoms with van der Waals surface area (Å²) in [6.45, 7) is 4.92. The van der Waals surface area contributed by atoms with Crippen molar-refractivity contribution in [1.82, 2.24) is 14.7 Å². The summed E-state index contributed by atoms with van der Waals surface area (Å²) >= 11 is 1.35. The maximum atomic E-state index is 13.4. The normalized spacial score (nSPS) is 21.9. The monoisotopic (exact) mass is 528 g/mol. The molecule has 2 aromatic rings. The van der Waals surface area contributed by atoms with Gasteiger partial charge in [-0.3, -0.25) is 9.52 Å². The van der Waals surface area contributed by atoms with Crippen molar-refractivity contribution in [2.75, 3.05) is 48.8 Å². The Bertz CT molecular complexity index is 1100. The minimum atomic E-state index is -0.284. The number of piperidine rings is 1. The number of nitrogens with zero attached hydrogens (tertiary/aromatic N) is 3. The van der Waals surface area contributed by atoms with E-state index in [0.29, 0.717) is 41.5 Å². The molecule has 11 heteroatoms. The van der Waals surface area contributed by atoms with Crippen molar-refractivity contribution < 1.29 is 19.4 Å². The number of anilines is 3. The van der Waals surface area contributed by atoms with Crippen LogP contribution in [0.5, 0.6) is 5.88 Å². The van der Waals surface area contributed by atoms with Crippen molar-refractivity contribution in [2.24, 2.45) is 5.41 Å². The number of rotatable bonds is 11. The molecule has 3 heterocycles. The molecule has 5 N–H and O–H groups in total. The number of nitrogens with one attached hydrogen (secondary N) is 2. The number of carbonyl (C=O) groups excluding carboxylic acids is 1. The van der Waals surface area contributed by atoms with Crippen LogP contribution < -0.4 is 25.4 Å². The van der Waals surface area contributed by atoms with Gasteiger partial charge >= 0.3 is 0 Å². The second-order valence-electron chi connectivity index (χ2n) is 10.0. The Labute approximate surface area is 221 Å². The number of hydrogen-bond donors (Lipinski definition) is 4. The Morgan fingerprint density at radius 2 is 2.03 bits per heavy atom. The second kappa shape index (κ2) is 11.4. The highest BCUT2D eigenvalue weighted by atomic mass is 32.2. The zero-order valence-electron chi connectivity index (χ0n) is 21.2. The summed E-state index contributed by atoms with van der Waals surface area (Å²) in [6.07, 6.45) is 8.32. The molecule has 2 unspecified atom stereocenters. The molecule has 2 saturated carbocycles. The van der Waals surface area contributed by atoms with Gasteiger partial charge in [0, 0.05) is 32.4 Å². The van der Waals surface area contributed by atoms with E-state index >= 15 is 0 Å². The fourth-order valence-electron chi connectivity index (χ4n) is 4.91. The molecule has 10 nitrogen and oxygen atoms in total. The summed E-state index contributed by atoms with van der Waals surface area (Å²) in [5.74, 6) is 0.386. The minimum Gasteiger partial charge on any atom is -0.470 e. The number of nitrogens with two attached hydrogens (primary N) is 1. The summed E-state index contributed by atoms with van der Waals surface area (Å²) in [5, 5.41) is 12.7. The third-order valence-electron chi connectivity index (χ3n) is 7.54. The standard InChI is InChI=1S/C26H36N6O4S/c1-2-35-20-4-5-21(20)36-25-18(27)3-6-22(31-25)30-24(34)17-16-28-23(37-29-11-14-33)15-19(17)32-12-9-26(7-8-26)10-13-32/h3,6,15-16,20-21,29,33H,2,4-5,7-14,27H2,1H3,(H,30,31,34). The molecule has 3 fully saturated rings. The van der Waals surface area contributed by atoms with Crippen LogP contribution in [0, 0.1) is 5.41 Å². The number of amides is 1. The molecule has 1 spiro atoms. The van der Waals surface area contributed by atoms with E-state index < -0.39 is 0 Å². The first-order valence-electron chi connectivity index (χ1n) is 13.1. The van der Waals surface area contributed by atoms with Gasteiger partial charge in [0.2, 0.25) is 5.88 Å². The lowest BCUT2D eigenvalue weighted by molar-refractivity contribution is -0.0810. The zero-order valence-corrected chi connectivity index (χ0v) is 22.1. The van der Waals surface area contributed by atoms with Gasteiger partial charge in [-0.05, 0) is 81.0 Å². The molecule has 3 aliphatic rings. The maximum Gasteiger partial charge on any atom is 0.260 e. The van der Waals surface area contributed by atoms with E-state index in [0.717, 1.165) is 49.5 Å². The average Bonchev–Trinajstić information content (AvgIpc) is 3.65. The number of carbonyl (C=O) groups is 1. The highest BCUT2D eigenvalue weighted by Crippen LogP contribution is 2.54. The van der Waals surface area contributed by atoms with Crippen LogP contribution in [0.3, 0.4) is 0 Å². The van der Waals surface area contributed by atoms with Crippen LogP contribution in [0.1, 0.15) is 55.8 Å². The third-order valence-corrected chi connectivity index (χ3v) is 8.32. The van der Waals surface area contributed by atoms with Crippen LogP contribution >= 0.6 is 11.9 Å². The number of aromatic nitrogens is 2. The van der Waals surface area contributed by atoms with Gasteiger partial charge in [0.05, 0.1) is 29.6 Å². The Hall–Kier alpha value is -2.60. The van der Waals surface area contributed by atoms with Gasteiger partial charge in [0.25, 0.3) is 5.91 Å². The van der Waals surface area contributed by atoms with Crippen LogP contribution in [-0.2, 0) is 4.74 Å². The van der Waals surface area contributed by atoms with E-state index in [1.807, 2.05) is 13.0 Å². The number of hydrogen-bond acceptors (Lipinski definition) is 10. The number of aliphatic hydroxyl groups is 1. The van der Waals surface area contributed by atoms with Gasteiger partial charge in [-0.1, -0.05) is 0 Å². The molecule has 2 aliphatic carbocycles. The van der Waals surface area contributed by atoms with Crippen LogP contribution in [0.2, 0.25) is 0 Å². The Kier molecular flexibility index (Phi) is 8.04. The van der Waals surface area contributed by atoms with Crippen molar-refractivity contribution in [1.29, 1.82) is 0 Å². The molecule has 2 atom stereocenters. The molecule has 37 heavy (non-hydrogen) atoms. The molecule has 0 aromatic carbocycles. The lowest BCUT2D eigenvalue weighted by atomic mass is 9.92. The van der Waals surface area contributed by atoms with E-state index in [-0.39, 0.29) is 24.7 Å².